The number of rotatable bonds is 7. The van der Waals surface area contributed by atoms with E-state index in [0.717, 1.165) is 10.7 Å². The zero-order valence-electron chi connectivity index (χ0n) is 9.43. The van der Waals surface area contributed by atoms with Crippen LogP contribution in [0.25, 0.3) is 0 Å². The van der Waals surface area contributed by atoms with E-state index in [0.29, 0.717) is 18.8 Å². The summed E-state index contributed by atoms with van der Waals surface area (Å²) in [5.41, 5.74) is 0. The van der Waals surface area contributed by atoms with Gasteiger partial charge in [0.15, 0.2) is 6.10 Å². The molecule has 1 aromatic rings. The van der Waals surface area contributed by atoms with Crippen molar-refractivity contribution in [2.24, 2.45) is 0 Å². The van der Waals surface area contributed by atoms with Crippen LogP contribution in [-0.2, 0) is 9.53 Å². The van der Waals surface area contributed by atoms with Gasteiger partial charge in [-0.05, 0) is 26.3 Å². The van der Waals surface area contributed by atoms with Crippen molar-refractivity contribution >= 4 is 17.7 Å². The van der Waals surface area contributed by atoms with E-state index in [2.05, 4.69) is 0 Å². The summed E-state index contributed by atoms with van der Waals surface area (Å²) >= 11 is 1.59. The van der Waals surface area contributed by atoms with Crippen LogP contribution >= 0.6 is 11.8 Å². The van der Waals surface area contributed by atoms with Gasteiger partial charge in [0.1, 0.15) is 5.76 Å². The van der Waals surface area contributed by atoms with Crippen LogP contribution in [0.1, 0.15) is 19.1 Å². The Balaban J connectivity index is 2.33. The smallest absolute Gasteiger partial charge is 0.332 e. The Morgan fingerprint density at radius 1 is 1.69 bits per heavy atom. The molecular formula is C11H16O4S. The molecule has 1 aromatic heterocycles. The molecule has 0 aliphatic carbocycles. The first-order chi connectivity index (χ1) is 7.65. The maximum atomic E-state index is 10.8. The highest BCUT2D eigenvalue weighted by Gasteiger charge is 2.17. The van der Waals surface area contributed by atoms with E-state index in [1.807, 2.05) is 13.0 Å². The lowest BCUT2D eigenvalue weighted by Gasteiger charge is -2.11. The molecule has 0 aliphatic rings. The molecule has 1 unspecified atom stereocenters. The van der Waals surface area contributed by atoms with Crippen molar-refractivity contribution in [1.82, 2.24) is 0 Å². The zero-order chi connectivity index (χ0) is 12.0. The SMILES string of the molecule is CCOC(CCSc1ccoc1C)C(=O)O. The van der Waals surface area contributed by atoms with Gasteiger partial charge in [0.2, 0.25) is 0 Å². The average molecular weight is 244 g/mol. The van der Waals surface area contributed by atoms with Crippen molar-refractivity contribution in [3.8, 4) is 0 Å². The fraction of sp³-hybridized carbons (Fsp3) is 0.545. The van der Waals surface area contributed by atoms with Crippen LogP contribution in [0.3, 0.4) is 0 Å². The van der Waals surface area contributed by atoms with Gasteiger partial charge >= 0.3 is 5.97 Å². The Bertz CT molecular complexity index is 334. The second-order valence-electron chi connectivity index (χ2n) is 3.26. The predicted octanol–water partition coefficient (Wildman–Crippen LogP) is 2.56. The molecule has 0 spiro atoms. The number of aryl methyl sites for hydroxylation is 1. The molecule has 0 amide bonds. The van der Waals surface area contributed by atoms with Crippen LogP contribution < -0.4 is 0 Å². The molecule has 0 bridgehead atoms. The van der Waals surface area contributed by atoms with Crippen molar-refractivity contribution in [3.05, 3.63) is 18.1 Å². The lowest BCUT2D eigenvalue weighted by atomic mass is 10.3. The molecule has 0 radical (unpaired) electrons. The summed E-state index contributed by atoms with van der Waals surface area (Å²) in [7, 11) is 0. The minimum atomic E-state index is -0.897. The second kappa shape index (κ2) is 6.60. The van der Waals surface area contributed by atoms with Gasteiger partial charge in [0.05, 0.1) is 6.26 Å². The van der Waals surface area contributed by atoms with E-state index in [1.54, 1.807) is 24.9 Å². The second-order valence-corrected chi connectivity index (χ2v) is 4.40. The van der Waals surface area contributed by atoms with Gasteiger partial charge in [-0.25, -0.2) is 4.79 Å². The first-order valence-electron chi connectivity index (χ1n) is 5.16. The number of hydrogen-bond acceptors (Lipinski definition) is 4. The number of aliphatic carboxylic acids is 1. The summed E-state index contributed by atoms with van der Waals surface area (Å²) in [6.45, 7) is 4.11. The van der Waals surface area contributed by atoms with Crippen molar-refractivity contribution in [3.63, 3.8) is 0 Å². The number of furan rings is 1. The van der Waals surface area contributed by atoms with Gasteiger partial charge in [-0.3, -0.25) is 0 Å². The summed E-state index contributed by atoms with van der Waals surface area (Å²) < 4.78 is 10.3. The Morgan fingerprint density at radius 3 is 2.94 bits per heavy atom. The molecule has 16 heavy (non-hydrogen) atoms. The van der Waals surface area contributed by atoms with Crippen molar-refractivity contribution < 1.29 is 19.1 Å². The minimum absolute atomic E-state index is 0.423. The molecule has 0 aromatic carbocycles. The highest BCUT2D eigenvalue weighted by molar-refractivity contribution is 7.99. The van der Waals surface area contributed by atoms with E-state index in [4.69, 9.17) is 14.3 Å². The lowest BCUT2D eigenvalue weighted by Crippen LogP contribution is -2.24. The molecule has 1 N–H and O–H groups in total. The molecule has 4 nitrogen and oxygen atoms in total. The molecule has 1 atom stereocenters. The number of carbonyl (C=O) groups is 1. The Labute approximate surface area is 99.0 Å². The molecule has 0 saturated heterocycles. The molecule has 0 aliphatic heterocycles. The fourth-order valence-electron chi connectivity index (χ4n) is 1.28. The Hall–Kier alpha value is -0.940. The number of carboxylic acid groups (broad SMARTS) is 1. The monoisotopic (exact) mass is 244 g/mol. The molecule has 5 heteroatoms. The largest absolute Gasteiger partial charge is 0.479 e. The summed E-state index contributed by atoms with van der Waals surface area (Å²) in [5.74, 6) is 0.678. The van der Waals surface area contributed by atoms with Gasteiger partial charge in [-0.15, -0.1) is 11.8 Å². The quantitative estimate of drug-likeness (QED) is 0.747. The van der Waals surface area contributed by atoms with Gasteiger partial charge in [0.25, 0.3) is 0 Å². The van der Waals surface area contributed by atoms with E-state index in [1.165, 1.54) is 0 Å². The first-order valence-corrected chi connectivity index (χ1v) is 6.15. The van der Waals surface area contributed by atoms with E-state index in [-0.39, 0.29) is 0 Å². The molecular weight excluding hydrogens is 228 g/mol. The third-order valence-corrected chi connectivity index (χ3v) is 3.27. The minimum Gasteiger partial charge on any atom is -0.479 e. The van der Waals surface area contributed by atoms with Gasteiger partial charge in [-0.2, -0.15) is 0 Å². The highest BCUT2D eigenvalue weighted by atomic mass is 32.2. The molecule has 0 saturated carbocycles. The van der Waals surface area contributed by atoms with Gasteiger partial charge < -0.3 is 14.3 Å². The summed E-state index contributed by atoms with van der Waals surface area (Å²) in [6.07, 6.45) is 1.43. The number of hydrogen-bond donors (Lipinski definition) is 1. The van der Waals surface area contributed by atoms with Crippen LogP contribution in [0.4, 0.5) is 0 Å². The van der Waals surface area contributed by atoms with E-state index >= 15 is 0 Å². The molecule has 1 rings (SSSR count). The van der Waals surface area contributed by atoms with Crippen LogP contribution in [0.5, 0.6) is 0 Å². The van der Waals surface area contributed by atoms with Crippen LogP contribution in [0.15, 0.2) is 21.6 Å². The highest BCUT2D eigenvalue weighted by Crippen LogP contribution is 2.24. The number of thioether (sulfide) groups is 1. The lowest BCUT2D eigenvalue weighted by molar-refractivity contribution is -0.150. The summed E-state index contributed by atoms with van der Waals surface area (Å²) in [5, 5.41) is 8.86. The van der Waals surface area contributed by atoms with E-state index in [9.17, 15) is 4.79 Å². The molecule has 1 heterocycles. The summed E-state index contributed by atoms with van der Waals surface area (Å²) in [6, 6.07) is 1.89. The fourth-order valence-corrected chi connectivity index (χ4v) is 2.23. The normalized spacial score (nSPS) is 12.6. The maximum Gasteiger partial charge on any atom is 0.332 e. The van der Waals surface area contributed by atoms with Crippen LogP contribution in [0, 0.1) is 6.92 Å². The Kier molecular flexibility index (Phi) is 5.42. The van der Waals surface area contributed by atoms with E-state index < -0.39 is 12.1 Å². The maximum absolute atomic E-state index is 10.8. The topological polar surface area (TPSA) is 59.7 Å². The van der Waals surface area contributed by atoms with Crippen LogP contribution in [-0.4, -0.2) is 29.5 Å². The third-order valence-electron chi connectivity index (χ3n) is 2.09. The third kappa shape index (κ3) is 3.90. The van der Waals surface area contributed by atoms with Crippen molar-refractivity contribution in [1.29, 1.82) is 0 Å². The summed E-state index contributed by atoms with van der Waals surface area (Å²) in [4.78, 5) is 11.9. The predicted molar refractivity (Wildman–Crippen MR) is 61.8 cm³/mol. The van der Waals surface area contributed by atoms with Crippen molar-refractivity contribution in [2.75, 3.05) is 12.4 Å². The van der Waals surface area contributed by atoms with Gasteiger partial charge in [-0.1, -0.05) is 0 Å². The van der Waals surface area contributed by atoms with Crippen molar-refractivity contribution in [2.45, 2.75) is 31.3 Å². The Morgan fingerprint density at radius 2 is 2.44 bits per heavy atom. The first kappa shape index (κ1) is 13.1. The molecule has 90 valence electrons. The zero-order valence-corrected chi connectivity index (χ0v) is 10.3. The molecule has 0 fully saturated rings. The average Bonchev–Trinajstić information content (AvgIpc) is 2.63. The van der Waals surface area contributed by atoms with Gasteiger partial charge in [0, 0.05) is 17.3 Å². The number of carboxylic acids is 1. The van der Waals surface area contributed by atoms with Crippen LogP contribution in [0.2, 0.25) is 0 Å². The standard InChI is InChI=1S/C11H16O4S/c1-3-14-9(11(12)13)5-7-16-10-4-6-15-8(10)2/h4,6,9H,3,5,7H2,1-2H3,(H,12,13). The number of ether oxygens (including phenoxy) is 1.